The maximum atomic E-state index is 10.8. The van der Waals surface area contributed by atoms with E-state index in [1.807, 2.05) is 54.7 Å². The number of pyridine rings is 1. The van der Waals surface area contributed by atoms with Crippen LogP contribution >= 0.6 is 12.6 Å². The van der Waals surface area contributed by atoms with Crippen molar-refractivity contribution in [2.24, 2.45) is 0 Å². The normalized spacial score (nSPS) is 13.2. The highest BCUT2D eigenvalue weighted by Gasteiger charge is 2.39. The first kappa shape index (κ1) is 20.4. The zero-order valence-corrected chi connectivity index (χ0v) is 18.9. The summed E-state index contributed by atoms with van der Waals surface area (Å²) in [6.45, 7) is 4.36. The Kier molecular flexibility index (Phi) is 5.03. The molecule has 5 aromatic rings. The molecule has 1 unspecified atom stereocenters. The number of fused-ring (bicyclic) bond motifs is 1. The zero-order chi connectivity index (χ0) is 22.3. The molecule has 5 rings (SSSR count). The fourth-order valence-corrected chi connectivity index (χ4v) is 5.15. The van der Waals surface area contributed by atoms with Crippen molar-refractivity contribution in [1.29, 1.82) is 0 Å². The van der Waals surface area contributed by atoms with Crippen LogP contribution in [0, 0.1) is 6.92 Å². The first-order chi connectivity index (χ1) is 15.5. The second-order valence-corrected chi connectivity index (χ2v) is 8.69. The predicted octanol–water partition coefficient (Wildman–Crippen LogP) is 6.66. The Morgan fingerprint density at radius 3 is 2.22 bits per heavy atom. The molecule has 3 aromatic carbocycles. The van der Waals surface area contributed by atoms with Crippen molar-refractivity contribution in [3.8, 4) is 17.0 Å². The molecule has 0 spiro atoms. The minimum Gasteiger partial charge on any atom is -0.507 e. The SMILES string of the molecule is Cc1ccccc1C(C)(c1ccccc1S)c1c(-c2ccccc2O)nc2ccccn12. The molecule has 1 atom stereocenters. The van der Waals surface area contributed by atoms with Gasteiger partial charge in [0.2, 0.25) is 0 Å². The van der Waals surface area contributed by atoms with Gasteiger partial charge in [0, 0.05) is 16.7 Å². The maximum absolute atomic E-state index is 10.8. The lowest BCUT2D eigenvalue weighted by Gasteiger charge is -2.34. The molecule has 0 radical (unpaired) electrons. The first-order valence-electron chi connectivity index (χ1n) is 10.6. The highest BCUT2D eigenvalue weighted by molar-refractivity contribution is 7.80. The van der Waals surface area contributed by atoms with Gasteiger partial charge in [-0.2, -0.15) is 0 Å². The molecule has 0 aliphatic rings. The molecule has 2 aromatic heterocycles. The van der Waals surface area contributed by atoms with Gasteiger partial charge in [-0.15, -0.1) is 12.6 Å². The van der Waals surface area contributed by atoms with E-state index in [0.29, 0.717) is 5.56 Å². The number of aromatic nitrogens is 2. The molecule has 0 amide bonds. The molecule has 0 aliphatic carbocycles. The highest BCUT2D eigenvalue weighted by atomic mass is 32.1. The number of aryl methyl sites for hydroxylation is 1. The Hall–Kier alpha value is -3.50. The van der Waals surface area contributed by atoms with Crippen LogP contribution in [-0.4, -0.2) is 14.5 Å². The molecule has 0 aliphatic heterocycles. The summed E-state index contributed by atoms with van der Waals surface area (Å²) in [6.07, 6.45) is 2.04. The number of imidazole rings is 1. The molecule has 0 saturated carbocycles. The molecule has 0 fully saturated rings. The summed E-state index contributed by atoms with van der Waals surface area (Å²) in [5.74, 6) is 0.212. The molecule has 32 heavy (non-hydrogen) atoms. The molecular weight excluding hydrogens is 412 g/mol. The lowest BCUT2D eigenvalue weighted by atomic mass is 9.71. The summed E-state index contributed by atoms with van der Waals surface area (Å²) in [6, 6.07) is 30.0. The summed E-state index contributed by atoms with van der Waals surface area (Å²) in [7, 11) is 0. The fourth-order valence-electron chi connectivity index (χ4n) is 4.77. The van der Waals surface area contributed by atoms with E-state index in [9.17, 15) is 5.11 Å². The number of para-hydroxylation sites is 1. The maximum Gasteiger partial charge on any atom is 0.137 e. The molecule has 0 bridgehead atoms. The summed E-state index contributed by atoms with van der Waals surface area (Å²) in [5, 5.41) is 10.8. The van der Waals surface area contributed by atoms with Crippen LogP contribution in [0.1, 0.15) is 29.3 Å². The number of hydrogen-bond acceptors (Lipinski definition) is 3. The van der Waals surface area contributed by atoms with Crippen molar-refractivity contribution in [1.82, 2.24) is 9.38 Å². The van der Waals surface area contributed by atoms with Crippen molar-refractivity contribution in [3.05, 3.63) is 120 Å². The van der Waals surface area contributed by atoms with Gasteiger partial charge in [-0.25, -0.2) is 4.98 Å². The third-order valence-electron chi connectivity index (χ3n) is 6.29. The Morgan fingerprint density at radius 2 is 1.47 bits per heavy atom. The van der Waals surface area contributed by atoms with E-state index in [2.05, 4.69) is 54.6 Å². The summed E-state index contributed by atoms with van der Waals surface area (Å²) in [4.78, 5) is 5.91. The van der Waals surface area contributed by atoms with Gasteiger partial charge >= 0.3 is 0 Å². The van der Waals surface area contributed by atoms with Crippen molar-refractivity contribution in [2.75, 3.05) is 0 Å². The molecule has 4 heteroatoms. The number of aromatic hydroxyl groups is 1. The Balaban J connectivity index is 1.97. The fraction of sp³-hybridized carbons (Fsp3) is 0.107. The minimum absolute atomic E-state index is 0.212. The van der Waals surface area contributed by atoms with Crippen LogP contribution in [0.3, 0.4) is 0 Å². The molecule has 0 saturated heterocycles. The van der Waals surface area contributed by atoms with Crippen molar-refractivity contribution >= 4 is 18.3 Å². The second-order valence-electron chi connectivity index (χ2n) is 8.21. The number of rotatable bonds is 4. The van der Waals surface area contributed by atoms with Gasteiger partial charge in [0.1, 0.15) is 11.4 Å². The Bertz CT molecular complexity index is 1390. The topological polar surface area (TPSA) is 37.5 Å². The van der Waals surface area contributed by atoms with Gasteiger partial charge < -0.3 is 9.51 Å². The minimum atomic E-state index is -0.581. The summed E-state index contributed by atoms with van der Waals surface area (Å²) < 4.78 is 2.13. The number of nitrogens with zero attached hydrogens (tertiary/aromatic N) is 2. The second kappa shape index (κ2) is 7.88. The van der Waals surface area contributed by atoms with Gasteiger partial charge in [0.05, 0.1) is 16.8 Å². The largest absolute Gasteiger partial charge is 0.507 e. The van der Waals surface area contributed by atoms with Gasteiger partial charge in [-0.3, -0.25) is 0 Å². The first-order valence-corrected chi connectivity index (χ1v) is 11.1. The van der Waals surface area contributed by atoms with Crippen LogP contribution in [0.15, 0.2) is 102 Å². The van der Waals surface area contributed by atoms with Crippen LogP contribution in [0.2, 0.25) is 0 Å². The van der Waals surface area contributed by atoms with Gasteiger partial charge in [-0.05, 0) is 60.9 Å². The van der Waals surface area contributed by atoms with Crippen LogP contribution in [0.5, 0.6) is 5.75 Å². The Morgan fingerprint density at radius 1 is 0.812 bits per heavy atom. The van der Waals surface area contributed by atoms with E-state index < -0.39 is 5.41 Å². The number of phenols is 1. The predicted molar refractivity (Wildman–Crippen MR) is 133 cm³/mol. The third-order valence-corrected chi connectivity index (χ3v) is 6.68. The van der Waals surface area contributed by atoms with E-state index in [0.717, 1.165) is 27.5 Å². The average Bonchev–Trinajstić information content (AvgIpc) is 3.19. The lowest BCUT2D eigenvalue weighted by molar-refractivity contribution is 0.477. The molecule has 2 heterocycles. The molecule has 158 valence electrons. The molecule has 1 N–H and O–H groups in total. The molecular formula is C28H24N2OS. The van der Waals surface area contributed by atoms with Crippen LogP contribution in [0.25, 0.3) is 16.9 Å². The van der Waals surface area contributed by atoms with Gasteiger partial charge in [0.25, 0.3) is 0 Å². The van der Waals surface area contributed by atoms with Crippen molar-refractivity contribution in [3.63, 3.8) is 0 Å². The van der Waals surface area contributed by atoms with E-state index in [1.54, 1.807) is 6.07 Å². The number of phenolic OH excluding ortho intramolecular Hbond substituents is 1. The van der Waals surface area contributed by atoms with Gasteiger partial charge in [0.15, 0.2) is 0 Å². The number of thiol groups is 1. The standard InChI is InChI=1S/C28H24N2OS/c1-19-11-3-5-13-21(19)28(2,22-14-6-8-16-24(22)32)27-26(20-12-4-7-15-23(20)31)29-25-17-9-10-18-30(25)27/h3-18,31-32H,1-2H3. The summed E-state index contributed by atoms with van der Waals surface area (Å²) >= 11 is 4.86. The third kappa shape index (κ3) is 3.10. The van der Waals surface area contributed by atoms with Crippen LogP contribution < -0.4 is 0 Å². The highest BCUT2D eigenvalue weighted by Crippen LogP contribution is 2.47. The van der Waals surface area contributed by atoms with Crippen LogP contribution in [-0.2, 0) is 5.41 Å². The number of hydrogen-bond donors (Lipinski definition) is 2. The number of benzene rings is 3. The van der Waals surface area contributed by atoms with E-state index >= 15 is 0 Å². The monoisotopic (exact) mass is 436 g/mol. The smallest absolute Gasteiger partial charge is 0.137 e. The van der Waals surface area contributed by atoms with E-state index in [4.69, 9.17) is 17.6 Å². The van der Waals surface area contributed by atoms with Crippen LogP contribution in [0.4, 0.5) is 0 Å². The Labute approximate surface area is 193 Å². The van der Waals surface area contributed by atoms with Crippen molar-refractivity contribution < 1.29 is 5.11 Å². The zero-order valence-electron chi connectivity index (χ0n) is 18.0. The van der Waals surface area contributed by atoms with E-state index in [-0.39, 0.29) is 5.75 Å². The van der Waals surface area contributed by atoms with Gasteiger partial charge in [-0.1, -0.05) is 60.7 Å². The average molecular weight is 437 g/mol. The summed E-state index contributed by atoms with van der Waals surface area (Å²) in [5.41, 5.74) is 6.15. The lowest BCUT2D eigenvalue weighted by Crippen LogP contribution is -2.29. The quantitative estimate of drug-likeness (QED) is 0.309. The molecule has 3 nitrogen and oxygen atoms in total. The van der Waals surface area contributed by atoms with Crippen molar-refractivity contribution in [2.45, 2.75) is 24.2 Å². The van der Waals surface area contributed by atoms with E-state index in [1.165, 1.54) is 11.1 Å².